The van der Waals surface area contributed by atoms with Crippen LogP contribution in [0.15, 0.2) is 48.5 Å². The summed E-state index contributed by atoms with van der Waals surface area (Å²) in [7, 11) is 0. The molecule has 0 unspecified atom stereocenters. The SMILES string of the molecule is CC[C@@](C)(c1ccc(O)cc1)[C@H](CCCCOCCCl)c1ccc(O)cc1. The van der Waals surface area contributed by atoms with Gasteiger partial charge in [0.2, 0.25) is 0 Å². The van der Waals surface area contributed by atoms with Crippen LogP contribution in [0.3, 0.4) is 0 Å². The number of rotatable bonds is 11. The van der Waals surface area contributed by atoms with E-state index in [9.17, 15) is 10.2 Å². The molecule has 3 nitrogen and oxygen atoms in total. The maximum atomic E-state index is 9.69. The number of alkyl halides is 1. The highest BCUT2D eigenvalue weighted by molar-refractivity contribution is 6.17. The van der Waals surface area contributed by atoms with E-state index in [1.807, 2.05) is 24.3 Å². The molecule has 0 aliphatic heterocycles. The fourth-order valence-corrected chi connectivity index (χ4v) is 3.87. The molecule has 2 rings (SSSR count). The summed E-state index contributed by atoms with van der Waals surface area (Å²) in [6.45, 7) is 5.84. The van der Waals surface area contributed by atoms with Crippen molar-refractivity contribution in [1.29, 1.82) is 0 Å². The predicted molar refractivity (Wildman–Crippen MR) is 112 cm³/mol. The first-order chi connectivity index (χ1) is 13.0. The minimum atomic E-state index is -0.0678. The summed E-state index contributed by atoms with van der Waals surface area (Å²) in [5, 5.41) is 19.4. The topological polar surface area (TPSA) is 49.7 Å². The molecule has 0 saturated carbocycles. The van der Waals surface area contributed by atoms with Gasteiger partial charge in [0.05, 0.1) is 6.61 Å². The van der Waals surface area contributed by atoms with Crippen LogP contribution in [0.4, 0.5) is 0 Å². The standard InChI is InChI=1S/C23H31ClO3/c1-3-23(2,19-9-13-21(26)14-10-19)22(6-4-5-16-27-17-15-24)18-7-11-20(25)12-8-18/h7-14,22,25-26H,3-6,15-17H2,1-2H3/t22-,23+/m1/s1. The molecule has 0 amide bonds. The normalized spacial score (nSPS) is 14.6. The van der Waals surface area contributed by atoms with Gasteiger partial charge in [0.1, 0.15) is 11.5 Å². The number of ether oxygens (including phenoxy) is 1. The zero-order valence-corrected chi connectivity index (χ0v) is 17.1. The van der Waals surface area contributed by atoms with E-state index in [1.165, 1.54) is 11.1 Å². The second kappa shape index (κ2) is 10.6. The van der Waals surface area contributed by atoms with E-state index in [1.54, 1.807) is 24.3 Å². The van der Waals surface area contributed by atoms with Crippen LogP contribution in [-0.2, 0) is 10.2 Å². The van der Waals surface area contributed by atoms with Crippen LogP contribution in [0, 0.1) is 0 Å². The summed E-state index contributed by atoms with van der Waals surface area (Å²) in [5.41, 5.74) is 2.38. The van der Waals surface area contributed by atoms with Gasteiger partial charge in [-0.1, -0.05) is 44.5 Å². The van der Waals surface area contributed by atoms with E-state index in [-0.39, 0.29) is 16.9 Å². The van der Waals surface area contributed by atoms with E-state index in [2.05, 4.69) is 13.8 Å². The van der Waals surface area contributed by atoms with Gasteiger partial charge in [0.25, 0.3) is 0 Å². The quantitative estimate of drug-likeness (QED) is 0.366. The fourth-order valence-electron chi connectivity index (χ4n) is 3.76. The van der Waals surface area contributed by atoms with Gasteiger partial charge in [-0.15, -0.1) is 11.6 Å². The van der Waals surface area contributed by atoms with Crippen molar-refractivity contribution in [2.24, 2.45) is 0 Å². The lowest BCUT2D eigenvalue weighted by molar-refractivity contribution is 0.143. The zero-order chi connectivity index (χ0) is 19.7. The Labute approximate surface area is 168 Å². The highest BCUT2D eigenvalue weighted by Crippen LogP contribution is 2.45. The molecule has 0 fully saturated rings. The highest BCUT2D eigenvalue weighted by atomic mass is 35.5. The van der Waals surface area contributed by atoms with Gasteiger partial charge in [-0.25, -0.2) is 0 Å². The first kappa shape index (κ1) is 21.6. The van der Waals surface area contributed by atoms with E-state index in [0.29, 0.717) is 18.4 Å². The third kappa shape index (κ3) is 5.88. The molecule has 0 aliphatic carbocycles. The van der Waals surface area contributed by atoms with Gasteiger partial charge in [-0.3, -0.25) is 0 Å². The van der Waals surface area contributed by atoms with Gasteiger partial charge < -0.3 is 14.9 Å². The molecule has 2 N–H and O–H groups in total. The molecule has 2 aromatic carbocycles. The summed E-state index contributed by atoms with van der Waals surface area (Å²) in [4.78, 5) is 0. The summed E-state index contributed by atoms with van der Waals surface area (Å²) in [5.74, 6) is 1.41. The van der Waals surface area contributed by atoms with Crippen LogP contribution in [0.2, 0.25) is 0 Å². The first-order valence-corrected chi connectivity index (χ1v) is 10.3. The van der Waals surface area contributed by atoms with Crippen LogP contribution in [0.25, 0.3) is 0 Å². The summed E-state index contributed by atoms with van der Waals surface area (Å²) in [6, 6.07) is 15.1. The zero-order valence-electron chi connectivity index (χ0n) is 16.3. The molecule has 0 spiro atoms. The first-order valence-electron chi connectivity index (χ1n) is 9.73. The molecule has 2 atom stereocenters. The highest BCUT2D eigenvalue weighted by Gasteiger charge is 2.35. The van der Waals surface area contributed by atoms with Crippen molar-refractivity contribution >= 4 is 11.6 Å². The van der Waals surface area contributed by atoms with Crippen LogP contribution in [-0.4, -0.2) is 29.3 Å². The largest absolute Gasteiger partial charge is 0.508 e. The fraction of sp³-hybridized carbons (Fsp3) is 0.478. The van der Waals surface area contributed by atoms with Crippen molar-refractivity contribution in [3.05, 3.63) is 59.7 Å². The van der Waals surface area contributed by atoms with Crippen LogP contribution < -0.4 is 0 Å². The molecule has 2 aromatic rings. The third-order valence-corrected chi connectivity index (χ3v) is 5.73. The number of phenolic OH excluding ortho intramolecular Hbond substituents is 2. The second-order valence-electron chi connectivity index (χ2n) is 7.26. The molecule has 0 saturated heterocycles. The molecule has 148 valence electrons. The van der Waals surface area contributed by atoms with Crippen LogP contribution >= 0.6 is 11.6 Å². The maximum absolute atomic E-state index is 9.69. The Morgan fingerprint density at radius 2 is 1.52 bits per heavy atom. The van der Waals surface area contributed by atoms with Crippen LogP contribution in [0.5, 0.6) is 11.5 Å². The summed E-state index contributed by atoms with van der Waals surface area (Å²) in [6.07, 6.45) is 4.06. The number of hydrogen-bond donors (Lipinski definition) is 2. The molecule has 0 aromatic heterocycles. The summed E-state index contributed by atoms with van der Waals surface area (Å²) < 4.78 is 5.50. The Balaban J connectivity index is 2.23. The second-order valence-corrected chi connectivity index (χ2v) is 7.64. The Morgan fingerprint density at radius 1 is 0.926 bits per heavy atom. The molecule has 0 radical (unpaired) electrons. The van der Waals surface area contributed by atoms with Crippen molar-refractivity contribution in [2.75, 3.05) is 19.1 Å². The number of halogens is 1. The maximum Gasteiger partial charge on any atom is 0.115 e. The van der Waals surface area contributed by atoms with Gasteiger partial charge in [0, 0.05) is 12.5 Å². The van der Waals surface area contributed by atoms with Crippen LogP contribution in [0.1, 0.15) is 56.6 Å². The summed E-state index contributed by atoms with van der Waals surface area (Å²) >= 11 is 5.65. The number of phenols is 2. The Kier molecular flexibility index (Phi) is 8.46. The smallest absolute Gasteiger partial charge is 0.115 e. The molecule has 0 heterocycles. The minimum absolute atomic E-state index is 0.0678. The lowest BCUT2D eigenvalue weighted by atomic mass is 9.65. The van der Waals surface area contributed by atoms with E-state index >= 15 is 0 Å². The number of hydrogen-bond acceptors (Lipinski definition) is 3. The average molecular weight is 391 g/mol. The number of unbranched alkanes of at least 4 members (excludes halogenated alkanes) is 1. The monoisotopic (exact) mass is 390 g/mol. The number of aromatic hydroxyl groups is 2. The van der Waals surface area contributed by atoms with Crippen molar-refractivity contribution in [3.8, 4) is 11.5 Å². The lowest BCUT2D eigenvalue weighted by Gasteiger charge is -2.38. The van der Waals surface area contributed by atoms with Gasteiger partial charge in [-0.2, -0.15) is 0 Å². The molecule has 27 heavy (non-hydrogen) atoms. The minimum Gasteiger partial charge on any atom is -0.508 e. The molecule has 0 aliphatic rings. The van der Waals surface area contributed by atoms with Crippen molar-refractivity contribution in [2.45, 2.75) is 50.9 Å². The van der Waals surface area contributed by atoms with Crippen molar-refractivity contribution in [1.82, 2.24) is 0 Å². The van der Waals surface area contributed by atoms with Gasteiger partial charge in [0.15, 0.2) is 0 Å². The Hall–Kier alpha value is -1.71. The van der Waals surface area contributed by atoms with Gasteiger partial charge in [-0.05, 0) is 66.0 Å². The molecule has 0 bridgehead atoms. The van der Waals surface area contributed by atoms with Gasteiger partial charge >= 0.3 is 0 Å². The molecule has 4 heteroatoms. The van der Waals surface area contributed by atoms with E-state index in [0.717, 1.165) is 32.3 Å². The average Bonchev–Trinajstić information content (AvgIpc) is 2.68. The Bertz CT molecular complexity index is 669. The third-order valence-electron chi connectivity index (χ3n) is 5.58. The van der Waals surface area contributed by atoms with E-state index in [4.69, 9.17) is 16.3 Å². The van der Waals surface area contributed by atoms with Crippen molar-refractivity contribution in [3.63, 3.8) is 0 Å². The molecular weight excluding hydrogens is 360 g/mol. The number of benzene rings is 2. The Morgan fingerprint density at radius 3 is 2.07 bits per heavy atom. The van der Waals surface area contributed by atoms with Crippen molar-refractivity contribution < 1.29 is 14.9 Å². The lowest BCUT2D eigenvalue weighted by Crippen LogP contribution is -2.30. The van der Waals surface area contributed by atoms with E-state index < -0.39 is 0 Å². The predicted octanol–water partition coefficient (Wildman–Crippen LogP) is 5.98. The molecular formula is C23H31ClO3.